The predicted molar refractivity (Wildman–Crippen MR) is 62.9 cm³/mol. The summed E-state index contributed by atoms with van der Waals surface area (Å²) in [6.45, 7) is 4.39. The van der Waals surface area contributed by atoms with Crippen molar-refractivity contribution in [3.63, 3.8) is 0 Å². The van der Waals surface area contributed by atoms with Gasteiger partial charge in [0.2, 0.25) is 0 Å². The van der Waals surface area contributed by atoms with Crippen molar-refractivity contribution in [2.75, 3.05) is 26.7 Å². The van der Waals surface area contributed by atoms with Crippen LogP contribution < -0.4 is 5.32 Å². The maximum atomic E-state index is 4.05. The summed E-state index contributed by atoms with van der Waals surface area (Å²) in [5, 5.41) is 11.4. The minimum atomic E-state index is 0.822. The highest BCUT2D eigenvalue weighted by molar-refractivity contribution is 4.83. The lowest BCUT2D eigenvalue weighted by Crippen LogP contribution is -2.35. The van der Waals surface area contributed by atoms with Gasteiger partial charge in [-0.1, -0.05) is 0 Å². The van der Waals surface area contributed by atoms with Crippen molar-refractivity contribution in [3.05, 3.63) is 12.2 Å². The topological polar surface area (TPSA) is 46.0 Å². The first kappa shape index (κ1) is 11.5. The SMILES string of the molecule is CN1CCC(CNCc2nncn2C)CC1. The van der Waals surface area contributed by atoms with Crippen molar-refractivity contribution in [2.45, 2.75) is 19.4 Å². The average molecular weight is 223 g/mol. The summed E-state index contributed by atoms with van der Waals surface area (Å²) in [7, 11) is 4.18. The highest BCUT2D eigenvalue weighted by atomic mass is 15.3. The maximum Gasteiger partial charge on any atom is 0.146 e. The highest BCUT2D eigenvalue weighted by Gasteiger charge is 2.16. The molecule has 5 heteroatoms. The van der Waals surface area contributed by atoms with Crippen LogP contribution in [0.1, 0.15) is 18.7 Å². The van der Waals surface area contributed by atoms with E-state index in [2.05, 4.69) is 27.5 Å². The molecule has 0 amide bonds. The van der Waals surface area contributed by atoms with Crippen molar-refractivity contribution in [2.24, 2.45) is 13.0 Å². The summed E-state index contributed by atoms with van der Waals surface area (Å²) in [5.74, 6) is 1.83. The van der Waals surface area contributed by atoms with E-state index in [0.717, 1.165) is 24.8 Å². The Morgan fingerprint density at radius 2 is 2.12 bits per heavy atom. The molecular weight excluding hydrogens is 202 g/mol. The summed E-state index contributed by atoms with van der Waals surface area (Å²) < 4.78 is 1.96. The van der Waals surface area contributed by atoms with Crippen LogP contribution in [0.4, 0.5) is 0 Å². The number of rotatable bonds is 4. The van der Waals surface area contributed by atoms with Crippen LogP contribution >= 0.6 is 0 Å². The molecule has 1 aromatic rings. The first-order valence-corrected chi connectivity index (χ1v) is 5.98. The Balaban J connectivity index is 1.67. The maximum absolute atomic E-state index is 4.05. The van der Waals surface area contributed by atoms with Crippen LogP contribution in [0.5, 0.6) is 0 Å². The summed E-state index contributed by atoms with van der Waals surface area (Å²) in [6.07, 6.45) is 4.36. The number of nitrogens with one attached hydrogen (secondary N) is 1. The molecule has 16 heavy (non-hydrogen) atoms. The van der Waals surface area contributed by atoms with Gasteiger partial charge in [0.1, 0.15) is 12.2 Å². The van der Waals surface area contributed by atoms with Gasteiger partial charge in [0.05, 0.1) is 6.54 Å². The molecule has 0 aliphatic carbocycles. The molecule has 0 saturated carbocycles. The summed E-state index contributed by atoms with van der Waals surface area (Å²) in [5.41, 5.74) is 0. The lowest BCUT2D eigenvalue weighted by molar-refractivity contribution is 0.215. The van der Waals surface area contributed by atoms with E-state index in [4.69, 9.17) is 0 Å². The number of hydrogen-bond donors (Lipinski definition) is 1. The molecule has 1 aliphatic heterocycles. The second-order valence-corrected chi connectivity index (χ2v) is 4.74. The third kappa shape index (κ3) is 3.02. The van der Waals surface area contributed by atoms with Crippen LogP contribution in [0.3, 0.4) is 0 Å². The number of aryl methyl sites for hydroxylation is 1. The molecule has 5 nitrogen and oxygen atoms in total. The molecule has 1 aliphatic rings. The summed E-state index contributed by atoms with van der Waals surface area (Å²) in [6, 6.07) is 0. The molecule has 0 bridgehead atoms. The number of likely N-dealkylation sites (tertiary alicyclic amines) is 1. The Morgan fingerprint density at radius 3 is 2.75 bits per heavy atom. The highest BCUT2D eigenvalue weighted by Crippen LogP contribution is 2.14. The molecule has 0 atom stereocenters. The van der Waals surface area contributed by atoms with E-state index in [1.807, 2.05) is 11.6 Å². The standard InChI is InChI=1S/C11H21N5/c1-15-5-3-10(4-6-15)7-12-8-11-14-13-9-16(11)2/h9-10,12H,3-8H2,1-2H3. The van der Waals surface area contributed by atoms with Gasteiger partial charge in [-0.25, -0.2) is 0 Å². The molecule has 0 radical (unpaired) electrons. The molecule has 1 N–H and O–H groups in total. The minimum absolute atomic E-state index is 0.822. The van der Waals surface area contributed by atoms with E-state index >= 15 is 0 Å². The largest absolute Gasteiger partial charge is 0.320 e. The van der Waals surface area contributed by atoms with Gasteiger partial charge in [-0.05, 0) is 45.4 Å². The van der Waals surface area contributed by atoms with E-state index in [1.165, 1.54) is 25.9 Å². The van der Waals surface area contributed by atoms with E-state index < -0.39 is 0 Å². The monoisotopic (exact) mass is 223 g/mol. The Morgan fingerprint density at radius 1 is 1.38 bits per heavy atom. The zero-order valence-electron chi connectivity index (χ0n) is 10.2. The lowest BCUT2D eigenvalue weighted by atomic mass is 9.97. The molecule has 1 saturated heterocycles. The smallest absolute Gasteiger partial charge is 0.146 e. The fourth-order valence-electron chi connectivity index (χ4n) is 2.12. The molecule has 2 rings (SSSR count). The van der Waals surface area contributed by atoms with Crippen LogP contribution in [0, 0.1) is 5.92 Å². The molecule has 0 unspecified atom stereocenters. The summed E-state index contributed by atoms with van der Waals surface area (Å²) in [4.78, 5) is 2.40. The zero-order chi connectivity index (χ0) is 11.4. The van der Waals surface area contributed by atoms with Gasteiger partial charge in [0.25, 0.3) is 0 Å². The zero-order valence-corrected chi connectivity index (χ0v) is 10.2. The molecule has 1 fully saturated rings. The third-order valence-electron chi connectivity index (χ3n) is 3.36. The van der Waals surface area contributed by atoms with Crippen LogP contribution in [-0.4, -0.2) is 46.3 Å². The van der Waals surface area contributed by atoms with Gasteiger partial charge in [-0.3, -0.25) is 0 Å². The van der Waals surface area contributed by atoms with Crippen LogP contribution in [-0.2, 0) is 13.6 Å². The van der Waals surface area contributed by atoms with E-state index in [1.54, 1.807) is 6.33 Å². The minimum Gasteiger partial charge on any atom is -0.320 e. The Bertz CT molecular complexity index is 314. The molecule has 0 spiro atoms. The van der Waals surface area contributed by atoms with E-state index in [9.17, 15) is 0 Å². The third-order valence-corrected chi connectivity index (χ3v) is 3.36. The number of nitrogens with zero attached hydrogens (tertiary/aromatic N) is 4. The predicted octanol–water partition coefficient (Wildman–Crippen LogP) is 0.246. The first-order valence-electron chi connectivity index (χ1n) is 5.98. The fraction of sp³-hybridized carbons (Fsp3) is 0.818. The van der Waals surface area contributed by atoms with Crippen LogP contribution in [0.25, 0.3) is 0 Å². The Labute approximate surface area is 96.8 Å². The van der Waals surface area contributed by atoms with Gasteiger partial charge in [0.15, 0.2) is 0 Å². The van der Waals surface area contributed by atoms with Gasteiger partial charge in [0, 0.05) is 7.05 Å². The normalized spacial score (nSPS) is 19.1. The Hall–Kier alpha value is -0.940. The van der Waals surface area contributed by atoms with Crippen LogP contribution in [0.2, 0.25) is 0 Å². The van der Waals surface area contributed by atoms with E-state index in [0.29, 0.717) is 0 Å². The molecule has 90 valence electrons. The first-order chi connectivity index (χ1) is 7.75. The summed E-state index contributed by atoms with van der Waals surface area (Å²) >= 11 is 0. The van der Waals surface area contributed by atoms with Crippen molar-refractivity contribution in [1.82, 2.24) is 25.0 Å². The van der Waals surface area contributed by atoms with Crippen molar-refractivity contribution < 1.29 is 0 Å². The van der Waals surface area contributed by atoms with Crippen molar-refractivity contribution in [1.29, 1.82) is 0 Å². The van der Waals surface area contributed by atoms with Gasteiger partial charge >= 0.3 is 0 Å². The second kappa shape index (κ2) is 5.41. The molecule has 1 aromatic heterocycles. The second-order valence-electron chi connectivity index (χ2n) is 4.74. The molecule has 0 aromatic carbocycles. The van der Waals surface area contributed by atoms with Crippen molar-refractivity contribution in [3.8, 4) is 0 Å². The number of piperidine rings is 1. The quantitative estimate of drug-likeness (QED) is 0.794. The number of aromatic nitrogens is 3. The van der Waals surface area contributed by atoms with Crippen molar-refractivity contribution >= 4 is 0 Å². The fourth-order valence-corrected chi connectivity index (χ4v) is 2.12. The van der Waals surface area contributed by atoms with E-state index in [-0.39, 0.29) is 0 Å². The Kier molecular flexibility index (Phi) is 3.90. The van der Waals surface area contributed by atoms with Gasteiger partial charge in [-0.15, -0.1) is 10.2 Å². The van der Waals surface area contributed by atoms with Crippen LogP contribution in [0.15, 0.2) is 6.33 Å². The van der Waals surface area contributed by atoms with Gasteiger partial charge in [-0.2, -0.15) is 0 Å². The average Bonchev–Trinajstić information content (AvgIpc) is 2.68. The van der Waals surface area contributed by atoms with Gasteiger partial charge < -0.3 is 14.8 Å². The lowest BCUT2D eigenvalue weighted by Gasteiger charge is -2.28. The number of hydrogen-bond acceptors (Lipinski definition) is 4. The molecular formula is C11H21N5. The molecule has 2 heterocycles.